The molecule has 4 nitrogen and oxygen atoms in total. The Hall–Kier alpha value is -1.59. The molecule has 0 aliphatic heterocycles. The smallest absolute Gasteiger partial charge is 0.225 e. The molecule has 2 heterocycles. The molecule has 1 atom stereocenters. The summed E-state index contributed by atoms with van der Waals surface area (Å²) in [6, 6.07) is 4.89. The quantitative estimate of drug-likeness (QED) is 0.850. The molecule has 0 aliphatic carbocycles. The first kappa shape index (κ1) is 11.9. The molecule has 0 bridgehead atoms. The van der Waals surface area contributed by atoms with Crippen molar-refractivity contribution in [2.45, 2.75) is 12.5 Å². The summed E-state index contributed by atoms with van der Waals surface area (Å²) >= 11 is 1.56. The second kappa shape index (κ2) is 5.65. The van der Waals surface area contributed by atoms with E-state index in [1.54, 1.807) is 23.5 Å². The van der Waals surface area contributed by atoms with Crippen molar-refractivity contribution in [2.24, 2.45) is 0 Å². The van der Waals surface area contributed by atoms with Gasteiger partial charge in [-0.25, -0.2) is 0 Å². The molecule has 1 unspecified atom stereocenters. The maximum absolute atomic E-state index is 11.7. The van der Waals surface area contributed by atoms with E-state index in [0.717, 1.165) is 5.56 Å². The topological polar surface area (TPSA) is 62.5 Å². The normalized spacial score (nSPS) is 12.3. The van der Waals surface area contributed by atoms with E-state index in [2.05, 4.69) is 5.32 Å². The maximum Gasteiger partial charge on any atom is 0.225 e. The van der Waals surface area contributed by atoms with Gasteiger partial charge < -0.3 is 14.8 Å². The Bertz CT molecular complexity index is 450. The van der Waals surface area contributed by atoms with Gasteiger partial charge in [0, 0.05) is 0 Å². The zero-order chi connectivity index (χ0) is 12.1. The van der Waals surface area contributed by atoms with Crippen molar-refractivity contribution in [1.82, 2.24) is 5.32 Å². The fourth-order valence-electron chi connectivity index (χ4n) is 1.52. The first-order valence-electron chi connectivity index (χ1n) is 5.24. The molecule has 90 valence electrons. The zero-order valence-corrected chi connectivity index (χ0v) is 9.94. The lowest BCUT2D eigenvalue weighted by Gasteiger charge is -2.13. The van der Waals surface area contributed by atoms with Gasteiger partial charge in [0.25, 0.3) is 0 Å². The predicted molar refractivity (Wildman–Crippen MR) is 64.7 cm³/mol. The third kappa shape index (κ3) is 3.18. The summed E-state index contributed by atoms with van der Waals surface area (Å²) in [5, 5.41) is 15.8. The molecule has 2 aromatic rings. The van der Waals surface area contributed by atoms with E-state index in [9.17, 15) is 9.90 Å². The van der Waals surface area contributed by atoms with E-state index >= 15 is 0 Å². The van der Waals surface area contributed by atoms with Crippen molar-refractivity contribution in [1.29, 1.82) is 0 Å². The number of furan rings is 1. The van der Waals surface area contributed by atoms with Crippen LogP contribution in [0.4, 0.5) is 0 Å². The van der Waals surface area contributed by atoms with Crippen molar-refractivity contribution in [3.8, 4) is 0 Å². The van der Waals surface area contributed by atoms with Gasteiger partial charge in [0.2, 0.25) is 5.91 Å². The lowest BCUT2D eigenvalue weighted by atomic mass is 10.2. The molecule has 2 N–H and O–H groups in total. The molecule has 0 saturated heterocycles. The van der Waals surface area contributed by atoms with Gasteiger partial charge in [-0.15, -0.1) is 0 Å². The van der Waals surface area contributed by atoms with Crippen LogP contribution in [0.5, 0.6) is 0 Å². The largest absolute Gasteiger partial charge is 0.467 e. The lowest BCUT2D eigenvalue weighted by molar-refractivity contribution is -0.121. The summed E-state index contributed by atoms with van der Waals surface area (Å²) in [7, 11) is 0. The molecular formula is C12H13NO3S. The molecule has 0 saturated carbocycles. The van der Waals surface area contributed by atoms with Crippen LogP contribution in [0.15, 0.2) is 39.6 Å². The van der Waals surface area contributed by atoms with Crippen LogP contribution in [0.25, 0.3) is 0 Å². The van der Waals surface area contributed by atoms with Crippen LogP contribution in [0.1, 0.15) is 17.4 Å². The summed E-state index contributed by atoms with van der Waals surface area (Å²) in [6.45, 7) is -0.178. The van der Waals surface area contributed by atoms with Crippen LogP contribution < -0.4 is 5.32 Å². The standard InChI is InChI=1S/C12H13NO3S/c14-7-10(11-2-1-4-16-11)13-12(15)6-9-3-5-17-8-9/h1-5,8,10,14H,6-7H2,(H,13,15). The predicted octanol–water partition coefficient (Wildman–Crippen LogP) is 1.73. The average Bonchev–Trinajstić information content (AvgIpc) is 2.97. The summed E-state index contributed by atoms with van der Waals surface area (Å²) < 4.78 is 5.15. The lowest BCUT2D eigenvalue weighted by Crippen LogP contribution is -2.31. The number of aliphatic hydroxyl groups is 1. The van der Waals surface area contributed by atoms with Crippen LogP contribution in [-0.2, 0) is 11.2 Å². The van der Waals surface area contributed by atoms with E-state index < -0.39 is 6.04 Å². The monoisotopic (exact) mass is 251 g/mol. The second-order valence-corrected chi connectivity index (χ2v) is 4.41. The highest BCUT2D eigenvalue weighted by Gasteiger charge is 2.16. The Labute approximate surface area is 103 Å². The number of nitrogens with one attached hydrogen (secondary N) is 1. The summed E-state index contributed by atoms with van der Waals surface area (Å²) in [4.78, 5) is 11.7. The number of carbonyl (C=O) groups is 1. The van der Waals surface area contributed by atoms with E-state index in [1.165, 1.54) is 6.26 Å². The van der Waals surface area contributed by atoms with Gasteiger partial charge in [-0.2, -0.15) is 11.3 Å². The summed E-state index contributed by atoms with van der Waals surface area (Å²) in [5.74, 6) is 0.435. The number of thiophene rings is 1. The summed E-state index contributed by atoms with van der Waals surface area (Å²) in [5.41, 5.74) is 0.976. The molecule has 1 amide bonds. The average molecular weight is 251 g/mol. The van der Waals surface area contributed by atoms with Crippen LogP contribution in [0.3, 0.4) is 0 Å². The molecule has 0 aromatic carbocycles. The number of rotatable bonds is 5. The Balaban J connectivity index is 1.93. The third-order valence-electron chi connectivity index (χ3n) is 2.35. The fraction of sp³-hybridized carbons (Fsp3) is 0.250. The molecule has 0 fully saturated rings. The van der Waals surface area contributed by atoms with Gasteiger partial charge in [-0.1, -0.05) is 0 Å². The number of aliphatic hydroxyl groups excluding tert-OH is 1. The Kier molecular flexibility index (Phi) is 3.95. The van der Waals surface area contributed by atoms with Gasteiger partial charge in [0.05, 0.1) is 19.3 Å². The maximum atomic E-state index is 11.7. The van der Waals surface area contributed by atoms with E-state index in [1.807, 2.05) is 16.8 Å². The van der Waals surface area contributed by atoms with Crippen LogP contribution in [0.2, 0.25) is 0 Å². The molecule has 0 spiro atoms. The summed E-state index contributed by atoms with van der Waals surface area (Å²) in [6.07, 6.45) is 1.84. The highest BCUT2D eigenvalue weighted by molar-refractivity contribution is 7.07. The third-order valence-corrected chi connectivity index (χ3v) is 3.08. The van der Waals surface area contributed by atoms with Crippen molar-refractivity contribution in [3.63, 3.8) is 0 Å². The minimum absolute atomic E-state index is 0.126. The van der Waals surface area contributed by atoms with Crippen LogP contribution in [0, 0.1) is 0 Å². The van der Waals surface area contributed by atoms with Crippen molar-refractivity contribution in [2.75, 3.05) is 6.61 Å². The number of hydrogen-bond donors (Lipinski definition) is 2. The first-order chi connectivity index (χ1) is 8.29. The Morgan fingerprint density at radius 2 is 2.41 bits per heavy atom. The Morgan fingerprint density at radius 3 is 3.00 bits per heavy atom. The number of carbonyl (C=O) groups excluding carboxylic acids is 1. The molecule has 0 aliphatic rings. The number of amides is 1. The minimum Gasteiger partial charge on any atom is -0.467 e. The molecule has 17 heavy (non-hydrogen) atoms. The molecule has 5 heteroatoms. The van der Waals surface area contributed by atoms with Crippen molar-refractivity contribution < 1.29 is 14.3 Å². The van der Waals surface area contributed by atoms with Crippen molar-refractivity contribution >= 4 is 17.2 Å². The second-order valence-electron chi connectivity index (χ2n) is 3.63. The van der Waals surface area contributed by atoms with E-state index in [0.29, 0.717) is 12.2 Å². The van der Waals surface area contributed by atoms with Gasteiger partial charge in [0.15, 0.2) is 0 Å². The van der Waals surface area contributed by atoms with Gasteiger partial charge in [-0.3, -0.25) is 4.79 Å². The van der Waals surface area contributed by atoms with Gasteiger partial charge in [0.1, 0.15) is 11.8 Å². The van der Waals surface area contributed by atoms with E-state index in [4.69, 9.17) is 4.42 Å². The number of hydrogen-bond acceptors (Lipinski definition) is 4. The Morgan fingerprint density at radius 1 is 1.53 bits per heavy atom. The van der Waals surface area contributed by atoms with Gasteiger partial charge >= 0.3 is 0 Å². The highest BCUT2D eigenvalue weighted by Crippen LogP contribution is 2.13. The zero-order valence-electron chi connectivity index (χ0n) is 9.13. The molecule has 0 radical (unpaired) electrons. The molecular weight excluding hydrogens is 238 g/mol. The minimum atomic E-state index is -0.476. The van der Waals surface area contributed by atoms with Crippen LogP contribution >= 0.6 is 11.3 Å². The van der Waals surface area contributed by atoms with Gasteiger partial charge in [-0.05, 0) is 34.5 Å². The molecule has 2 rings (SSSR count). The first-order valence-corrected chi connectivity index (χ1v) is 6.18. The van der Waals surface area contributed by atoms with E-state index in [-0.39, 0.29) is 12.5 Å². The molecule has 2 aromatic heterocycles. The SMILES string of the molecule is O=C(Cc1ccsc1)NC(CO)c1ccco1. The fourth-order valence-corrected chi connectivity index (χ4v) is 2.19. The van der Waals surface area contributed by atoms with Crippen LogP contribution in [-0.4, -0.2) is 17.6 Å². The van der Waals surface area contributed by atoms with Crippen molar-refractivity contribution in [3.05, 3.63) is 46.5 Å². The highest BCUT2D eigenvalue weighted by atomic mass is 32.1.